The molecule has 1 N–H and O–H groups in total. The number of amides is 1. The van der Waals surface area contributed by atoms with Crippen molar-refractivity contribution in [2.45, 2.75) is 31.5 Å². The van der Waals surface area contributed by atoms with Crippen LogP contribution in [0.2, 0.25) is 0 Å². The van der Waals surface area contributed by atoms with E-state index in [-0.39, 0.29) is 18.3 Å². The lowest BCUT2D eigenvalue weighted by atomic mass is 10.0. The number of nitrogens with one attached hydrogen (secondary N) is 1. The predicted molar refractivity (Wildman–Crippen MR) is 41.9 cm³/mol. The van der Waals surface area contributed by atoms with Gasteiger partial charge in [0.1, 0.15) is 6.10 Å². The highest BCUT2D eigenvalue weighted by atomic mass is 16.6. The topological polar surface area (TPSA) is 47.6 Å². The summed E-state index contributed by atoms with van der Waals surface area (Å²) in [4.78, 5) is 10.7. The summed E-state index contributed by atoms with van der Waals surface area (Å²) < 4.78 is 10.5. The number of carbonyl (C=O) groups excluding carboxylic acids is 1. The molecule has 0 aromatic carbocycles. The van der Waals surface area contributed by atoms with Crippen LogP contribution < -0.4 is 5.32 Å². The van der Waals surface area contributed by atoms with Crippen molar-refractivity contribution in [2.75, 3.05) is 13.2 Å². The molecule has 0 saturated carbocycles. The SMILES string of the molecule is O=C1NCC(C2CCCCO2)O1. The fourth-order valence-corrected chi connectivity index (χ4v) is 1.67. The zero-order chi connectivity index (χ0) is 8.39. The zero-order valence-electron chi connectivity index (χ0n) is 6.91. The van der Waals surface area contributed by atoms with Crippen molar-refractivity contribution in [2.24, 2.45) is 0 Å². The fourth-order valence-electron chi connectivity index (χ4n) is 1.67. The summed E-state index contributed by atoms with van der Waals surface area (Å²) in [6.07, 6.45) is 3.08. The monoisotopic (exact) mass is 171 g/mol. The predicted octanol–water partition coefficient (Wildman–Crippen LogP) is 0.664. The van der Waals surface area contributed by atoms with E-state index in [0.717, 1.165) is 19.4 Å². The third-order valence-electron chi connectivity index (χ3n) is 2.34. The van der Waals surface area contributed by atoms with Crippen LogP contribution >= 0.6 is 0 Å². The number of alkyl carbamates (subject to hydrolysis) is 1. The molecule has 0 aromatic heterocycles. The van der Waals surface area contributed by atoms with Crippen LogP contribution in [0.5, 0.6) is 0 Å². The smallest absolute Gasteiger partial charge is 0.407 e. The molecular weight excluding hydrogens is 158 g/mol. The van der Waals surface area contributed by atoms with Crippen LogP contribution in [0.1, 0.15) is 19.3 Å². The summed E-state index contributed by atoms with van der Waals surface area (Å²) in [6, 6.07) is 0. The number of hydrogen-bond acceptors (Lipinski definition) is 3. The van der Waals surface area contributed by atoms with Gasteiger partial charge in [0, 0.05) is 6.61 Å². The Morgan fingerprint density at radius 1 is 1.33 bits per heavy atom. The number of rotatable bonds is 1. The molecule has 12 heavy (non-hydrogen) atoms. The maximum absolute atomic E-state index is 10.7. The summed E-state index contributed by atoms with van der Waals surface area (Å²) in [5.41, 5.74) is 0. The van der Waals surface area contributed by atoms with Gasteiger partial charge in [0.05, 0.1) is 12.6 Å². The van der Waals surface area contributed by atoms with Crippen LogP contribution in [-0.2, 0) is 9.47 Å². The molecule has 4 nitrogen and oxygen atoms in total. The van der Waals surface area contributed by atoms with Gasteiger partial charge < -0.3 is 14.8 Å². The highest BCUT2D eigenvalue weighted by molar-refractivity contribution is 5.69. The average molecular weight is 171 g/mol. The number of cyclic esters (lactones) is 1. The minimum atomic E-state index is -0.311. The summed E-state index contributed by atoms with van der Waals surface area (Å²) in [7, 11) is 0. The van der Waals surface area contributed by atoms with Crippen molar-refractivity contribution in [1.29, 1.82) is 0 Å². The average Bonchev–Trinajstić information content (AvgIpc) is 2.54. The molecule has 4 heteroatoms. The molecule has 2 heterocycles. The first-order valence-electron chi connectivity index (χ1n) is 4.42. The van der Waals surface area contributed by atoms with Crippen molar-refractivity contribution in [3.05, 3.63) is 0 Å². The number of ether oxygens (including phenoxy) is 2. The van der Waals surface area contributed by atoms with E-state index >= 15 is 0 Å². The molecule has 2 saturated heterocycles. The van der Waals surface area contributed by atoms with Crippen molar-refractivity contribution in [3.8, 4) is 0 Å². The lowest BCUT2D eigenvalue weighted by Gasteiger charge is -2.25. The lowest BCUT2D eigenvalue weighted by molar-refractivity contribution is -0.0501. The van der Waals surface area contributed by atoms with E-state index in [1.165, 1.54) is 6.42 Å². The van der Waals surface area contributed by atoms with Crippen molar-refractivity contribution < 1.29 is 14.3 Å². The largest absolute Gasteiger partial charge is 0.442 e. The molecule has 1 amide bonds. The molecule has 2 fully saturated rings. The highest BCUT2D eigenvalue weighted by Crippen LogP contribution is 2.19. The molecule has 0 bridgehead atoms. The first kappa shape index (κ1) is 7.86. The van der Waals surface area contributed by atoms with Gasteiger partial charge in [-0.15, -0.1) is 0 Å². The Labute approximate surface area is 71.2 Å². The molecule has 2 unspecified atom stereocenters. The normalized spacial score (nSPS) is 35.8. The first-order chi connectivity index (χ1) is 5.86. The number of hydrogen-bond donors (Lipinski definition) is 1. The Hall–Kier alpha value is -0.770. The maximum atomic E-state index is 10.7. The quantitative estimate of drug-likeness (QED) is 0.630. The van der Waals surface area contributed by atoms with Crippen LogP contribution in [0.3, 0.4) is 0 Å². The lowest BCUT2D eigenvalue weighted by Crippen LogP contribution is -2.34. The van der Waals surface area contributed by atoms with E-state index in [1.54, 1.807) is 0 Å². The van der Waals surface area contributed by atoms with Gasteiger partial charge in [-0.1, -0.05) is 0 Å². The third kappa shape index (κ3) is 1.53. The molecule has 2 aliphatic heterocycles. The minimum Gasteiger partial charge on any atom is -0.442 e. The van der Waals surface area contributed by atoms with Crippen LogP contribution in [0.4, 0.5) is 4.79 Å². The van der Waals surface area contributed by atoms with E-state index < -0.39 is 0 Å². The van der Waals surface area contributed by atoms with E-state index in [1.807, 2.05) is 0 Å². The Morgan fingerprint density at radius 2 is 2.25 bits per heavy atom. The molecule has 0 aromatic rings. The second-order valence-corrected chi connectivity index (χ2v) is 3.23. The highest BCUT2D eigenvalue weighted by Gasteiger charge is 2.32. The van der Waals surface area contributed by atoms with Gasteiger partial charge in [-0.3, -0.25) is 0 Å². The van der Waals surface area contributed by atoms with Gasteiger partial charge in [0.15, 0.2) is 0 Å². The fraction of sp³-hybridized carbons (Fsp3) is 0.875. The van der Waals surface area contributed by atoms with Gasteiger partial charge >= 0.3 is 6.09 Å². The van der Waals surface area contributed by atoms with Gasteiger partial charge in [-0.05, 0) is 19.3 Å². The molecule has 68 valence electrons. The first-order valence-corrected chi connectivity index (χ1v) is 4.42. The van der Waals surface area contributed by atoms with E-state index in [2.05, 4.69) is 5.32 Å². The third-order valence-corrected chi connectivity index (χ3v) is 2.34. The van der Waals surface area contributed by atoms with E-state index in [9.17, 15) is 4.79 Å². The molecular formula is C8H13NO3. The molecule has 2 rings (SSSR count). The van der Waals surface area contributed by atoms with Crippen molar-refractivity contribution in [3.63, 3.8) is 0 Å². The standard InChI is InChI=1S/C8H13NO3/c10-8-9-5-7(12-8)6-3-1-2-4-11-6/h6-7H,1-5H2,(H,9,10). The summed E-state index contributed by atoms with van der Waals surface area (Å²) >= 11 is 0. The van der Waals surface area contributed by atoms with E-state index in [4.69, 9.17) is 9.47 Å². The minimum absolute atomic E-state index is 0.0576. The van der Waals surface area contributed by atoms with Gasteiger partial charge in [-0.25, -0.2) is 4.79 Å². The Kier molecular flexibility index (Phi) is 2.17. The van der Waals surface area contributed by atoms with Crippen LogP contribution in [-0.4, -0.2) is 31.5 Å². The molecule has 0 spiro atoms. The Balaban J connectivity index is 1.86. The van der Waals surface area contributed by atoms with Crippen LogP contribution in [0.25, 0.3) is 0 Å². The Morgan fingerprint density at radius 3 is 2.83 bits per heavy atom. The van der Waals surface area contributed by atoms with Crippen molar-refractivity contribution in [1.82, 2.24) is 5.32 Å². The van der Waals surface area contributed by atoms with Crippen LogP contribution in [0, 0.1) is 0 Å². The van der Waals surface area contributed by atoms with Crippen LogP contribution in [0.15, 0.2) is 0 Å². The van der Waals surface area contributed by atoms with Gasteiger partial charge in [0.25, 0.3) is 0 Å². The Bertz CT molecular complexity index is 177. The summed E-state index contributed by atoms with van der Waals surface area (Å²) in [6.45, 7) is 1.40. The summed E-state index contributed by atoms with van der Waals surface area (Å²) in [5, 5.41) is 2.63. The number of carbonyl (C=O) groups is 1. The maximum Gasteiger partial charge on any atom is 0.407 e. The van der Waals surface area contributed by atoms with Crippen molar-refractivity contribution >= 4 is 6.09 Å². The molecule has 0 aliphatic carbocycles. The van der Waals surface area contributed by atoms with E-state index in [0.29, 0.717) is 6.54 Å². The molecule has 0 radical (unpaired) electrons. The molecule has 2 aliphatic rings. The summed E-state index contributed by atoms with van der Waals surface area (Å²) in [5.74, 6) is 0. The zero-order valence-corrected chi connectivity index (χ0v) is 6.91. The van der Waals surface area contributed by atoms with Gasteiger partial charge in [0.2, 0.25) is 0 Å². The van der Waals surface area contributed by atoms with Gasteiger partial charge in [-0.2, -0.15) is 0 Å². The second-order valence-electron chi connectivity index (χ2n) is 3.23. The second kappa shape index (κ2) is 3.31. The molecule has 2 atom stereocenters.